The SMILES string of the molecule is O=S(=O)(Nc1ccccc1Oc1ccccc1)c1ccc(F)cc1F. The van der Waals surface area contributed by atoms with Crippen LogP contribution in [0.5, 0.6) is 11.5 Å². The summed E-state index contributed by atoms with van der Waals surface area (Å²) in [4.78, 5) is -0.650. The Kier molecular flexibility index (Phi) is 4.67. The molecular weight excluding hydrogens is 348 g/mol. The van der Waals surface area contributed by atoms with E-state index in [0.717, 1.165) is 12.1 Å². The molecule has 0 saturated heterocycles. The molecule has 0 aromatic heterocycles. The minimum Gasteiger partial charge on any atom is -0.455 e. The maximum absolute atomic E-state index is 13.8. The number of hydrogen-bond donors (Lipinski definition) is 1. The number of benzene rings is 3. The summed E-state index contributed by atoms with van der Waals surface area (Å²) in [7, 11) is -4.25. The first-order valence-electron chi connectivity index (χ1n) is 7.25. The van der Waals surface area contributed by atoms with E-state index in [-0.39, 0.29) is 11.4 Å². The van der Waals surface area contributed by atoms with E-state index < -0.39 is 26.6 Å². The van der Waals surface area contributed by atoms with Crippen molar-refractivity contribution in [2.24, 2.45) is 0 Å². The zero-order valence-corrected chi connectivity index (χ0v) is 13.6. The summed E-state index contributed by atoms with van der Waals surface area (Å²) in [5, 5.41) is 0. The van der Waals surface area contributed by atoms with E-state index in [2.05, 4.69) is 4.72 Å². The van der Waals surface area contributed by atoms with Crippen LogP contribution in [0.4, 0.5) is 14.5 Å². The van der Waals surface area contributed by atoms with Crippen molar-refractivity contribution in [2.75, 3.05) is 4.72 Å². The Morgan fingerprint density at radius 2 is 1.52 bits per heavy atom. The molecule has 4 nitrogen and oxygen atoms in total. The molecule has 0 saturated carbocycles. The van der Waals surface area contributed by atoms with Gasteiger partial charge >= 0.3 is 0 Å². The molecule has 7 heteroatoms. The molecule has 0 radical (unpaired) electrons. The highest BCUT2D eigenvalue weighted by atomic mass is 32.2. The molecule has 3 aromatic rings. The lowest BCUT2D eigenvalue weighted by Crippen LogP contribution is -2.15. The first-order chi connectivity index (χ1) is 12.0. The quantitative estimate of drug-likeness (QED) is 0.725. The third-order valence-electron chi connectivity index (χ3n) is 3.29. The third-order valence-corrected chi connectivity index (χ3v) is 4.68. The second-order valence-electron chi connectivity index (χ2n) is 5.09. The maximum atomic E-state index is 13.8. The lowest BCUT2D eigenvalue weighted by atomic mass is 10.3. The van der Waals surface area contributed by atoms with Gasteiger partial charge in [-0.25, -0.2) is 17.2 Å². The van der Waals surface area contributed by atoms with Gasteiger partial charge in [0.15, 0.2) is 5.75 Å². The topological polar surface area (TPSA) is 55.4 Å². The number of anilines is 1. The van der Waals surface area contributed by atoms with Crippen LogP contribution in [0.15, 0.2) is 77.7 Å². The van der Waals surface area contributed by atoms with Crippen molar-refractivity contribution < 1.29 is 21.9 Å². The van der Waals surface area contributed by atoms with Gasteiger partial charge in [0.1, 0.15) is 22.3 Å². The van der Waals surface area contributed by atoms with Crippen LogP contribution < -0.4 is 9.46 Å². The molecule has 0 aliphatic carbocycles. The van der Waals surface area contributed by atoms with Gasteiger partial charge in [0.2, 0.25) is 0 Å². The molecule has 0 bridgehead atoms. The highest BCUT2D eigenvalue weighted by molar-refractivity contribution is 7.92. The van der Waals surface area contributed by atoms with Crippen molar-refractivity contribution in [1.82, 2.24) is 0 Å². The van der Waals surface area contributed by atoms with Crippen molar-refractivity contribution in [3.63, 3.8) is 0 Å². The van der Waals surface area contributed by atoms with E-state index in [1.54, 1.807) is 42.5 Å². The fourth-order valence-corrected chi connectivity index (χ4v) is 3.28. The summed E-state index contributed by atoms with van der Waals surface area (Å²) in [5.41, 5.74) is 0.134. The molecule has 3 rings (SSSR count). The Hall–Kier alpha value is -2.93. The van der Waals surface area contributed by atoms with Gasteiger partial charge in [-0.1, -0.05) is 30.3 Å². The lowest BCUT2D eigenvalue weighted by Gasteiger charge is -2.13. The number of rotatable bonds is 5. The summed E-state index contributed by atoms with van der Waals surface area (Å²) in [6, 6.07) is 17.4. The highest BCUT2D eigenvalue weighted by Crippen LogP contribution is 2.31. The number of halogens is 2. The van der Waals surface area contributed by atoms with Crippen LogP contribution in [-0.2, 0) is 10.0 Å². The second-order valence-corrected chi connectivity index (χ2v) is 6.74. The van der Waals surface area contributed by atoms with E-state index in [4.69, 9.17) is 4.74 Å². The fourth-order valence-electron chi connectivity index (χ4n) is 2.15. The van der Waals surface area contributed by atoms with Crippen molar-refractivity contribution in [2.45, 2.75) is 4.90 Å². The molecular formula is C18H13F2NO3S. The van der Waals surface area contributed by atoms with Crippen LogP contribution in [0.1, 0.15) is 0 Å². The number of hydrogen-bond acceptors (Lipinski definition) is 3. The third kappa shape index (κ3) is 3.95. The smallest absolute Gasteiger partial charge is 0.264 e. The van der Waals surface area contributed by atoms with Crippen LogP contribution in [0, 0.1) is 11.6 Å². The van der Waals surface area contributed by atoms with E-state index in [9.17, 15) is 17.2 Å². The highest BCUT2D eigenvalue weighted by Gasteiger charge is 2.21. The maximum Gasteiger partial charge on any atom is 0.264 e. The molecule has 0 amide bonds. The Morgan fingerprint density at radius 3 is 2.24 bits per heavy atom. The normalized spacial score (nSPS) is 11.1. The van der Waals surface area contributed by atoms with Crippen molar-refractivity contribution in [3.05, 3.63) is 84.4 Å². The average molecular weight is 361 g/mol. The van der Waals surface area contributed by atoms with Gasteiger partial charge < -0.3 is 4.74 Å². The van der Waals surface area contributed by atoms with Gasteiger partial charge in [-0.05, 0) is 36.4 Å². The zero-order chi connectivity index (χ0) is 17.9. The summed E-state index contributed by atoms with van der Waals surface area (Å²) in [6.07, 6.45) is 0. The minimum atomic E-state index is -4.25. The van der Waals surface area contributed by atoms with Crippen LogP contribution in [-0.4, -0.2) is 8.42 Å². The van der Waals surface area contributed by atoms with Gasteiger partial charge in [0, 0.05) is 6.07 Å². The molecule has 0 aliphatic rings. The van der Waals surface area contributed by atoms with Gasteiger partial charge in [-0.3, -0.25) is 4.72 Å². The molecule has 0 fully saturated rings. The second kappa shape index (κ2) is 6.90. The first kappa shape index (κ1) is 16.9. The lowest BCUT2D eigenvalue weighted by molar-refractivity contribution is 0.484. The van der Waals surface area contributed by atoms with Crippen LogP contribution in [0.3, 0.4) is 0 Å². The Morgan fingerprint density at radius 1 is 0.840 bits per heavy atom. The minimum absolute atomic E-state index is 0.134. The molecule has 3 aromatic carbocycles. The van der Waals surface area contributed by atoms with Crippen molar-refractivity contribution >= 4 is 15.7 Å². The molecule has 128 valence electrons. The van der Waals surface area contributed by atoms with Crippen LogP contribution >= 0.6 is 0 Å². The number of sulfonamides is 1. The Bertz CT molecular complexity index is 992. The first-order valence-corrected chi connectivity index (χ1v) is 8.74. The number of para-hydroxylation sites is 3. The molecule has 0 heterocycles. The van der Waals surface area contributed by atoms with Gasteiger partial charge in [0.25, 0.3) is 10.0 Å². The van der Waals surface area contributed by atoms with E-state index >= 15 is 0 Å². The largest absolute Gasteiger partial charge is 0.455 e. The summed E-state index contributed by atoms with van der Waals surface area (Å²) < 4.78 is 59.5. The molecule has 0 unspecified atom stereocenters. The van der Waals surface area contributed by atoms with Crippen LogP contribution in [0.2, 0.25) is 0 Å². The van der Waals surface area contributed by atoms with Crippen molar-refractivity contribution in [3.8, 4) is 11.5 Å². The molecule has 25 heavy (non-hydrogen) atoms. The Balaban J connectivity index is 1.92. The van der Waals surface area contributed by atoms with Crippen LogP contribution in [0.25, 0.3) is 0 Å². The molecule has 0 aliphatic heterocycles. The zero-order valence-electron chi connectivity index (χ0n) is 12.8. The number of nitrogens with one attached hydrogen (secondary N) is 1. The van der Waals surface area contributed by atoms with Gasteiger partial charge in [-0.2, -0.15) is 0 Å². The summed E-state index contributed by atoms with van der Waals surface area (Å²) in [5.74, 6) is -1.26. The van der Waals surface area contributed by atoms with E-state index in [1.807, 2.05) is 6.07 Å². The van der Waals surface area contributed by atoms with Crippen molar-refractivity contribution in [1.29, 1.82) is 0 Å². The predicted molar refractivity (Wildman–Crippen MR) is 90.1 cm³/mol. The van der Waals surface area contributed by atoms with E-state index in [0.29, 0.717) is 11.8 Å². The average Bonchev–Trinajstić information content (AvgIpc) is 2.57. The fraction of sp³-hybridized carbons (Fsp3) is 0. The monoisotopic (exact) mass is 361 g/mol. The van der Waals surface area contributed by atoms with E-state index in [1.165, 1.54) is 6.07 Å². The van der Waals surface area contributed by atoms with Gasteiger partial charge in [0.05, 0.1) is 5.69 Å². The Labute approximate surface area is 143 Å². The standard InChI is InChI=1S/C18H13F2NO3S/c19-13-10-11-18(15(20)12-13)25(22,23)21-16-8-4-5-9-17(16)24-14-6-2-1-3-7-14/h1-12,21H. The van der Waals surface area contributed by atoms with Gasteiger partial charge in [-0.15, -0.1) is 0 Å². The molecule has 1 N–H and O–H groups in total. The summed E-state index contributed by atoms with van der Waals surface area (Å²) in [6.45, 7) is 0. The number of ether oxygens (including phenoxy) is 1. The molecule has 0 spiro atoms. The predicted octanol–water partition coefficient (Wildman–Crippen LogP) is 4.56. The summed E-state index contributed by atoms with van der Waals surface area (Å²) >= 11 is 0. The molecule has 0 atom stereocenters.